The van der Waals surface area contributed by atoms with Crippen molar-refractivity contribution in [1.29, 1.82) is 0 Å². The average molecular weight is 659 g/mol. The van der Waals surface area contributed by atoms with Crippen LogP contribution in [-0.2, 0) is 4.79 Å². The smallest absolute Gasteiger partial charge is 0.133 e. The van der Waals surface area contributed by atoms with Crippen molar-refractivity contribution in [2.75, 3.05) is 0 Å². The number of aliphatic hydroxyl groups is 2. The van der Waals surface area contributed by atoms with Crippen LogP contribution < -0.4 is 0 Å². The van der Waals surface area contributed by atoms with E-state index in [0.717, 1.165) is 97.7 Å². The van der Waals surface area contributed by atoms with Crippen LogP contribution in [0.3, 0.4) is 0 Å². The first-order valence-electron chi connectivity index (χ1n) is 21.6. The molecule has 0 heterocycles. The van der Waals surface area contributed by atoms with Crippen molar-refractivity contribution in [3.8, 4) is 0 Å². The fraction of sp³-hybridized carbons (Fsp3) is 0.933. The van der Waals surface area contributed by atoms with Gasteiger partial charge in [0.25, 0.3) is 0 Å². The van der Waals surface area contributed by atoms with Crippen LogP contribution in [0.1, 0.15) is 168 Å². The zero-order valence-electron chi connectivity index (χ0n) is 30.9. The minimum absolute atomic E-state index is 0.00484. The number of hydrogen-bond donors (Lipinski definition) is 2. The van der Waals surface area contributed by atoms with E-state index in [0.29, 0.717) is 27.4 Å². The highest BCUT2D eigenvalue weighted by Gasteiger charge is 2.63. The van der Waals surface area contributed by atoms with Gasteiger partial charge in [-0.1, -0.05) is 26.0 Å². The molecule has 10 saturated carbocycles. The van der Waals surface area contributed by atoms with E-state index in [4.69, 9.17) is 0 Å². The molecule has 2 spiro atoms. The second-order valence-electron chi connectivity index (χ2n) is 21.0. The zero-order chi connectivity index (χ0) is 33.1. The SMILES string of the molecule is C=C1CC[C@]23CCC4C(CC[C@H]5C[C@H](O)CC[C@]45C)C2CC[C@@H]3C1.C[C@]12CC[C@@H](O)C[C@@H]1CCC1C3CC[C@@H]4CC(=O)CC[C@]34CCC12. The van der Waals surface area contributed by atoms with E-state index in [1.165, 1.54) is 116 Å². The van der Waals surface area contributed by atoms with Crippen LogP contribution in [0.15, 0.2) is 12.2 Å². The summed E-state index contributed by atoms with van der Waals surface area (Å²) in [5.41, 5.74) is 3.84. The number of carbonyl (C=O) groups is 1. The molecule has 0 saturated heterocycles. The number of carbonyl (C=O) groups excluding carboxylic acids is 1. The lowest BCUT2D eigenvalue weighted by Gasteiger charge is -2.62. The molecule has 268 valence electrons. The first-order valence-corrected chi connectivity index (χ1v) is 21.6. The molecule has 10 rings (SSSR count). The Balaban J connectivity index is 0.000000131. The largest absolute Gasteiger partial charge is 0.393 e. The van der Waals surface area contributed by atoms with Crippen molar-refractivity contribution in [1.82, 2.24) is 0 Å². The Morgan fingerprint density at radius 2 is 1.00 bits per heavy atom. The van der Waals surface area contributed by atoms with Gasteiger partial charge in [0.15, 0.2) is 0 Å². The fourth-order valence-corrected chi connectivity index (χ4v) is 17.6. The second kappa shape index (κ2) is 11.9. The van der Waals surface area contributed by atoms with E-state index < -0.39 is 0 Å². The monoisotopic (exact) mass is 659 g/mol. The Bertz CT molecular complexity index is 1180. The summed E-state index contributed by atoms with van der Waals surface area (Å²) < 4.78 is 0. The van der Waals surface area contributed by atoms with Crippen molar-refractivity contribution in [3.63, 3.8) is 0 Å². The molecular weight excluding hydrogens is 588 g/mol. The Labute approximate surface area is 293 Å². The maximum atomic E-state index is 12.0. The summed E-state index contributed by atoms with van der Waals surface area (Å²) in [6.45, 7) is 9.54. The molecule has 3 heteroatoms. The lowest BCUT2D eigenvalue weighted by Crippen LogP contribution is -2.55. The molecule has 48 heavy (non-hydrogen) atoms. The maximum absolute atomic E-state index is 12.0. The minimum atomic E-state index is -0.0326. The van der Waals surface area contributed by atoms with E-state index in [9.17, 15) is 15.0 Å². The number of rotatable bonds is 0. The summed E-state index contributed by atoms with van der Waals surface area (Å²) >= 11 is 0. The molecule has 0 amide bonds. The number of hydrogen-bond acceptors (Lipinski definition) is 3. The highest BCUT2D eigenvalue weighted by Crippen LogP contribution is 2.72. The highest BCUT2D eigenvalue weighted by molar-refractivity contribution is 5.79. The van der Waals surface area contributed by atoms with Gasteiger partial charge < -0.3 is 10.2 Å². The molecule has 0 aromatic heterocycles. The molecule has 10 aliphatic rings. The Hall–Kier alpha value is -0.670. The quantitative estimate of drug-likeness (QED) is 0.255. The van der Waals surface area contributed by atoms with Gasteiger partial charge in [-0.05, 0) is 222 Å². The van der Waals surface area contributed by atoms with Gasteiger partial charge in [0, 0.05) is 12.8 Å². The third kappa shape index (κ3) is 4.86. The molecule has 10 aliphatic carbocycles. The normalized spacial score (nSPS) is 56.8. The summed E-state index contributed by atoms with van der Waals surface area (Å²) in [6, 6.07) is 0. The van der Waals surface area contributed by atoms with Crippen molar-refractivity contribution >= 4 is 5.78 Å². The van der Waals surface area contributed by atoms with Crippen molar-refractivity contribution < 1.29 is 15.0 Å². The van der Waals surface area contributed by atoms with E-state index in [2.05, 4.69) is 20.4 Å². The summed E-state index contributed by atoms with van der Waals surface area (Å²) in [5.74, 6) is 9.55. The predicted molar refractivity (Wildman–Crippen MR) is 193 cm³/mol. The molecule has 3 nitrogen and oxygen atoms in total. The molecule has 16 atom stereocenters. The van der Waals surface area contributed by atoms with Crippen molar-refractivity contribution in [3.05, 3.63) is 12.2 Å². The minimum Gasteiger partial charge on any atom is -0.393 e. The molecule has 0 aromatic carbocycles. The molecule has 0 aromatic rings. The van der Waals surface area contributed by atoms with E-state index in [-0.39, 0.29) is 12.2 Å². The number of Topliss-reactive ketones (excluding diaryl/α,β-unsaturated/α-hetero) is 1. The van der Waals surface area contributed by atoms with Gasteiger partial charge in [-0.2, -0.15) is 0 Å². The lowest BCUT2D eigenvalue weighted by atomic mass is 9.43. The fourth-order valence-electron chi connectivity index (χ4n) is 17.6. The summed E-state index contributed by atoms with van der Waals surface area (Å²) in [6.07, 6.45) is 31.1. The number of fused-ring (bicyclic) bond motifs is 8. The van der Waals surface area contributed by atoms with Gasteiger partial charge in [-0.15, -0.1) is 0 Å². The first-order chi connectivity index (χ1) is 23.1. The number of allylic oxidation sites excluding steroid dienone is 1. The lowest BCUT2D eigenvalue weighted by molar-refractivity contribution is -0.144. The van der Waals surface area contributed by atoms with Crippen LogP contribution in [0.2, 0.25) is 0 Å². The molecule has 0 aliphatic heterocycles. The Morgan fingerprint density at radius 3 is 1.54 bits per heavy atom. The number of aliphatic hydroxyl groups excluding tert-OH is 2. The van der Waals surface area contributed by atoms with Gasteiger partial charge >= 0.3 is 0 Å². The van der Waals surface area contributed by atoms with Crippen LogP contribution in [-0.4, -0.2) is 28.2 Å². The molecular formula is C45H70O3. The molecule has 10 fully saturated rings. The van der Waals surface area contributed by atoms with Crippen molar-refractivity contribution in [2.45, 2.75) is 180 Å². The Morgan fingerprint density at radius 1 is 0.521 bits per heavy atom. The van der Waals surface area contributed by atoms with E-state index in [1.54, 1.807) is 5.57 Å². The van der Waals surface area contributed by atoms with Gasteiger partial charge in [-0.25, -0.2) is 0 Å². The second-order valence-corrected chi connectivity index (χ2v) is 21.0. The van der Waals surface area contributed by atoms with Gasteiger partial charge in [-0.3, -0.25) is 4.79 Å². The molecule has 0 radical (unpaired) electrons. The summed E-state index contributed by atoms with van der Waals surface area (Å²) in [4.78, 5) is 12.0. The third-order valence-corrected chi connectivity index (χ3v) is 19.9. The Kier molecular flexibility index (Phi) is 8.25. The average Bonchev–Trinajstić information content (AvgIpc) is 3.65. The maximum Gasteiger partial charge on any atom is 0.133 e. The molecule has 6 unspecified atom stereocenters. The molecule has 2 N–H and O–H groups in total. The van der Waals surface area contributed by atoms with Gasteiger partial charge in [0.05, 0.1) is 12.2 Å². The summed E-state index contributed by atoms with van der Waals surface area (Å²) in [5, 5.41) is 20.3. The van der Waals surface area contributed by atoms with Crippen LogP contribution >= 0.6 is 0 Å². The van der Waals surface area contributed by atoms with Gasteiger partial charge in [0.2, 0.25) is 0 Å². The van der Waals surface area contributed by atoms with E-state index in [1.807, 2.05) is 0 Å². The van der Waals surface area contributed by atoms with Crippen molar-refractivity contribution in [2.24, 2.45) is 80.8 Å². The zero-order valence-corrected chi connectivity index (χ0v) is 30.9. The van der Waals surface area contributed by atoms with Crippen LogP contribution in [0.5, 0.6) is 0 Å². The third-order valence-electron chi connectivity index (χ3n) is 19.9. The van der Waals surface area contributed by atoms with Gasteiger partial charge in [0.1, 0.15) is 5.78 Å². The van der Waals surface area contributed by atoms with Crippen LogP contribution in [0.4, 0.5) is 0 Å². The topological polar surface area (TPSA) is 57.5 Å². The van der Waals surface area contributed by atoms with Crippen LogP contribution in [0, 0.1) is 80.8 Å². The highest BCUT2D eigenvalue weighted by atomic mass is 16.3. The van der Waals surface area contributed by atoms with Crippen LogP contribution in [0.25, 0.3) is 0 Å². The first kappa shape index (κ1) is 33.2. The summed E-state index contributed by atoms with van der Waals surface area (Å²) in [7, 11) is 0. The number of ketones is 1. The standard InChI is InChI=1S/C23H36O.C22H34O2/c1-15-7-11-23-12-9-20-19(21(23)6-4-17(23)13-15)5-3-16-14-18(24)8-10-22(16,20)2;1-21-9-6-16(23)12-14(21)2-4-18-19(21)8-11-22-10-7-17(24)13-15(22)3-5-20(18)22/h16-21,24H,1,3-14H2,2H3;14-16,18-20,23H,2-13H2,1H3/t16-,17+,18+,19?,20?,21?,22-,23+;14-,15+,16+,18?,19?,20?,21-,22+/m00/s1. The molecule has 0 bridgehead atoms. The van der Waals surface area contributed by atoms with E-state index >= 15 is 0 Å². The predicted octanol–water partition coefficient (Wildman–Crippen LogP) is 10.5.